The summed E-state index contributed by atoms with van der Waals surface area (Å²) in [4.78, 5) is 31.0. The summed E-state index contributed by atoms with van der Waals surface area (Å²) in [5.74, 6) is -4.35. The number of nitrogens with one attached hydrogen (secondary N) is 2. The van der Waals surface area contributed by atoms with Gasteiger partial charge in [-0.2, -0.15) is 13.2 Å². The molecule has 158 valence electrons. The van der Waals surface area contributed by atoms with Gasteiger partial charge < -0.3 is 15.5 Å². The molecule has 0 saturated heterocycles. The van der Waals surface area contributed by atoms with E-state index in [1.54, 1.807) is 0 Å². The Morgan fingerprint density at radius 2 is 1.82 bits per heavy atom. The SMILES string of the molecule is CNS(=O)(=O)CCNC(=O)c1cc[n+](CCC(=O)O)nc1.O=C(O)C(F)(F)F. The third kappa shape index (κ3) is 11.0. The molecule has 1 aromatic heterocycles. The molecule has 0 saturated carbocycles. The maximum atomic E-state index is 11.7. The molecule has 1 heterocycles. The number of carboxylic acids is 2. The van der Waals surface area contributed by atoms with Crippen LogP contribution >= 0.6 is 0 Å². The lowest BCUT2D eigenvalue weighted by molar-refractivity contribution is -0.753. The van der Waals surface area contributed by atoms with Crippen LogP contribution in [0, 0.1) is 0 Å². The van der Waals surface area contributed by atoms with Crippen molar-refractivity contribution in [3.8, 4) is 0 Å². The minimum absolute atomic E-state index is 0.0179. The van der Waals surface area contributed by atoms with Crippen molar-refractivity contribution < 1.29 is 50.9 Å². The largest absolute Gasteiger partial charge is 0.490 e. The topological polar surface area (TPSA) is 167 Å². The standard InChI is InChI=1S/C11H16N4O5S.C2HF3O2/c1-12-21(19,20)7-4-13-11(18)9-2-5-15(14-8-9)6-3-10(16)17;3-2(4,5)1(6)7/h2,5,8,12H,3-4,6-7H2,1H3,(H-,13,16,17,18);(H,6,7)/p+1. The van der Waals surface area contributed by atoms with Gasteiger partial charge in [0.05, 0.1) is 11.3 Å². The van der Waals surface area contributed by atoms with E-state index >= 15 is 0 Å². The Labute approximate surface area is 157 Å². The van der Waals surface area contributed by atoms with Gasteiger partial charge in [-0.3, -0.25) is 9.59 Å². The lowest BCUT2D eigenvalue weighted by Gasteiger charge is -2.04. The van der Waals surface area contributed by atoms with E-state index in [1.807, 2.05) is 0 Å². The smallest absolute Gasteiger partial charge is 0.481 e. The van der Waals surface area contributed by atoms with Crippen LogP contribution in [-0.4, -0.2) is 67.1 Å². The number of sulfonamides is 1. The van der Waals surface area contributed by atoms with Gasteiger partial charge in [0.15, 0.2) is 12.7 Å². The average Bonchev–Trinajstić information content (AvgIpc) is 2.60. The van der Waals surface area contributed by atoms with Crippen LogP contribution in [0.2, 0.25) is 0 Å². The van der Waals surface area contributed by atoms with E-state index < -0.39 is 34.0 Å². The zero-order chi connectivity index (χ0) is 22.0. The van der Waals surface area contributed by atoms with Crippen molar-refractivity contribution in [3.63, 3.8) is 0 Å². The normalized spacial score (nSPS) is 11.1. The quantitative estimate of drug-likeness (QED) is 0.371. The number of aryl methyl sites for hydroxylation is 1. The highest BCUT2D eigenvalue weighted by Gasteiger charge is 2.38. The first-order valence-corrected chi connectivity index (χ1v) is 9.01. The fourth-order valence-electron chi connectivity index (χ4n) is 1.36. The van der Waals surface area contributed by atoms with Crippen molar-refractivity contribution in [2.24, 2.45) is 0 Å². The van der Waals surface area contributed by atoms with E-state index in [2.05, 4.69) is 15.1 Å². The number of amides is 1. The molecule has 11 nitrogen and oxygen atoms in total. The van der Waals surface area contributed by atoms with Crippen LogP contribution in [0.25, 0.3) is 0 Å². The van der Waals surface area contributed by atoms with Crippen molar-refractivity contribution >= 4 is 27.9 Å². The van der Waals surface area contributed by atoms with E-state index in [-0.39, 0.29) is 30.8 Å². The van der Waals surface area contributed by atoms with Crippen LogP contribution in [0.4, 0.5) is 13.2 Å². The molecule has 0 atom stereocenters. The third-order valence-electron chi connectivity index (χ3n) is 2.80. The molecular weight excluding hydrogens is 413 g/mol. The van der Waals surface area contributed by atoms with Gasteiger partial charge in [-0.25, -0.2) is 17.9 Å². The highest BCUT2D eigenvalue weighted by atomic mass is 32.2. The molecule has 0 aliphatic rings. The van der Waals surface area contributed by atoms with Crippen LogP contribution in [0.15, 0.2) is 18.5 Å². The molecule has 0 aromatic carbocycles. The Morgan fingerprint density at radius 3 is 2.21 bits per heavy atom. The summed E-state index contributed by atoms with van der Waals surface area (Å²) >= 11 is 0. The van der Waals surface area contributed by atoms with Crippen molar-refractivity contribution in [2.45, 2.75) is 19.1 Å². The van der Waals surface area contributed by atoms with Gasteiger partial charge in [-0.1, -0.05) is 4.68 Å². The van der Waals surface area contributed by atoms with Crippen molar-refractivity contribution in [1.82, 2.24) is 15.1 Å². The number of alkyl halides is 3. The zero-order valence-corrected chi connectivity index (χ0v) is 15.2. The molecule has 0 aliphatic heterocycles. The summed E-state index contributed by atoms with van der Waals surface area (Å²) in [7, 11) is -2.06. The molecule has 0 spiro atoms. The Balaban J connectivity index is 0.000000887. The van der Waals surface area contributed by atoms with Crippen LogP contribution in [-0.2, 0) is 26.2 Å². The van der Waals surface area contributed by atoms with E-state index in [0.29, 0.717) is 0 Å². The van der Waals surface area contributed by atoms with Crippen LogP contribution in [0.3, 0.4) is 0 Å². The molecule has 0 bridgehead atoms. The van der Waals surface area contributed by atoms with Crippen LogP contribution in [0.5, 0.6) is 0 Å². The van der Waals surface area contributed by atoms with Crippen molar-refractivity contribution in [3.05, 3.63) is 24.0 Å². The van der Waals surface area contributed by atoms with Gasteiger partial charge in [0.1, 0.15) is 12.6 Å². The van der Waals surface area contributed by atoms with Gasteiger partial charge in [0.2, 0.25) is 10.0 Å². The van der Waals surface area contributed by atoms with Crippen molar-refractivity contribution in [1.29, 1.82) is 0 Å². The number of hydrogen-bond acceptors (Lipinski definition) is 6. The number of halogens is 3. The zero-order valence-electron chi connectivity index (χ0n) is 14.4. The second kappa shape index (κ2) is 11.1. The van der Waals surface area contributed by atoms with Crippen molar-refractivity contribution in [2.75, 3.05) is 19.3 Å². The second-order valence-corrected chi connectivity index (χ2v) is 6.95. The van der Waals surface area contributed by atoms with Gasteiger partial charge in [-0.15, -0.1) is 0 Å². The lowest BCUT2D eigenvalue weighted by atomic mass is 10.3. The Morgan fingerprint density at radius 1 is 1.25 bits per heavy atom. The maximum Gasteiger partial charge on any atom is 0.490 e. The number of carbonyl (C=O) groups excluding carboxylic acids is 1. The van der Waals surface area contributed by atoms with E-state index in [1.165, 1.54) is 30.2 Å². The highest BCUT2D eigenvalue weighted by Crippen LogP contribution is 2.13. The van der Waals surface area contributed by atoms with Gasteiger partial charge >= 0.3 is 18.1 Å². The molecule has 4 N–H and O–H groups in total. The number of hydrogen-bond donors (Lipinski definition) is 4. The van der Waals surface area contributed by atoms with Crippen LogP contribution < -0.4 is 14.7 Å². The molecular formula is C13H18F3N4O7S+. The molecule has 0 fully saturated rings. The van der Waals surface area contributed by atoms with E-state index in [9.17, 15) is 31.2 Å². The summed E-state index contributed by atoms with van der Waals surface area (Å²) in [6.45, 7) is 0.188. The molecule has 1 aromatic rings. The summed E-state index contributed by atoms with van der Waals surface area (Å²) in [5, 5.41) is 22.0. The monoisotopic (exact) mass is 431 g/mol. The summed E-state index contributed by atoms with van der Waals surface area (Å²) < 4.78 is 57.6. The molecule has 0 radical (unpaired) electrons. The first-order chi connectivity index (χ1) is 12.8. The Kier molecular flexibility index (Phi) is 10.0. The Hall–Kier alpha value is -2.81. The third-order valence-corrected chi connectivity index (χ3v) is 4.16. The average molecular weight is 431 g/mol. The fourth-order valence-corrected chi connectivity index (χ4v) is 1.94. The first-order valence-electron chi connectivity index (χ1n) is 7.35. The minimum atomic E-state index is -5.08. The van der Waals surface area contributed by atoms with Gasteiger partial charge in [0.25, 0.3) is 5.91 Å². The summed E-state index contributed by atoms with van der Waals surface area (Å²) in [6, 6.07) is 1.48. The lowest BCUT2D eigenvalue weighted by Crippen LogP contribution is -2.39. The number of carbonyl (C=O) groups is 3. The molecule has 1 rings (SSSR count). The fraction of sp³-hybridized carbons (Fsp3) is 0.462. The number of aromatic nitrogens is 2. The number of rotatable bonds is 8. The molecule has 15 heteroatoms. The van der Waals surface area contributed by atoms with Gasteiger partial charge in [0, 0.05) is 12.6 Å². The first kappa shape index (κ1) is 25.2. The number of carboxylic acid groups (broad SMARTS) is 2. The molecule has 0 unspecified atom stereocenters. The molecule has 28 heavy (non-hydrogen) atoms. The van der Waals surface area contributed by atoms with E-state index in [4.69, 9.17) is 15.0 Å². The highest BCUT2D eigenvalue weighted by molar-refractivity contribution is 7.89. The Bertz CT molecular complexity index is 782. The number of aliphatic carboxylic acids is 2. The summed E-state index contributed by atoms with van der Waals surface area (Å²) in [6.07, 6.45) is -2.36. The molecule has 0 aliphatic carbocycles. The van der Waals surface area contributed by atoms with E-state index in [0.717, 1.165) is 0 Å². The predicted octanol–water partition coefficient (Wildman–Crippen LogP) is -1.24. The summed E-state index contributed by atoms with van der Waals surface area (Å²) in [5.41, 5.74) is 0.267. The maximum absolute atomic E-state index is 11.7. The predicted molar refractivity (Wildman–Crippen MR) is 85.6 cm³/mol. The minimum Gasteiger partial charge on any atom is -0.481 e. The van der Waals surface area contributed by atoms with Gasteiger partial charge in [-0.05, 0) is 12.1 Å². The second-order valence-electron chi connectivity index (χ2n) is 4.90. The molecule has 1 amide bonds. The van der Waals surface area contributed by atoms with Crippen LogP contribution in [0.1, 0.15) is 16.8 Å². The number of nitrogens with zero attached hydrogens (tertiary/aromatic N) is 2.